The Kier molecular flexibility index (Phi) is 4.20. The second-order valence-electron chi connectivity index (χ2n) is 6.09. The summed E-state index contributed by atoms with van der Waals surface area (Å²) in [6, 6.07) is 8.06. The summed E-state index contributed by atoms with van der Waals surface area (Å²) in [7, 11) is -2.51. The first-order valence-corrected chi connectivity index (χ1v) is 9.62. The van der Waals surface area contributed by atoms with Gasteiger partial charge in [0.15, 0.2) is 5.52 Å². The lowest BCUT2D eigenvalue weighted by Gasteiger charge is -2.13. The summed E-state index contributed by atoms with van der Waals surface area (Å²) >= 11 is 0. The Morgan fingerprint density at radius 1 is 1.03 bits per heavy atom. The summed E-state index contributed by atoms with van der Waals surface area (Å²) in [5, 5.41) is 10.4. The van der Waals surface area contributed by atoms with Crippen molar-refractivity contribution in [2.45, 2.75) is 11.1 Å². The number of hydrogen-bond acceptors (Lipinski definition) is 5. The largest absolute Gasteiger partial charge is 0.416 e. The first-order chi connectivity index (χ1) is 13.6. The number of alkyl halides is 3. The number of aromatic nitrogens is 4. The van der Waals surface area contributed by atoms with Crippen LogP contribution in [0.4, 0.5) is 13.2 Å². The molecule has 0 radical (unpaired) electrons. The number of sulfonamides is 1. The van der Waals surface area contributed by atoms with Gasteiger partial charge in [-0.05, 0) is 49.5 Å². The SMILES string of the molecule is CNS(=O)(=O)c1ccc2c(c1)c1n[nH]nc1c(=O)n2-c1ccc(C(F)(F)F)cc1. The van der Waals surface area contributed by atoms with Crippen LogP contribution in [0.2, 0.25) is 0 Å². The first-order valence-electron chi connectivity index (χ1n) is 8.14. The van der Waals surface area contributed by atoms with Gasteiger partial charge in [-0.25, -0.2) is 13.1 Å². The maximum absolute atomic E-state index is 12.9. The summed E-state index contributed by atoms with van der Waals surface area (Å²) < 4.78 is 66.2. The van der Waals surface area contributed by atoms with Crippen molar-refractivity contribution in [2.24, 2.45) is 0 Å². The zero-order chi connectivity index (χ0) is 21.0. The van der Waals surface area contributed by atoms with E-state index in [1.165, 1.54) is 25.2 Å². The molecule has 2 heterocycles. The normalized spacial score (nSPS) is 12.7. The van der Waals surface area contributed by atoms with Gasteiger partial charge in [0, 0.05) is 11.1 Å². The van der Waals surface area contributed by atoms with Crippen LogP contribution in [0.5, 0.6) is 0 Å². The fourth-order valence-electron chi connectivity index (χ4n) is 3.02. The molecule has 0 unspecified atom stereocenters. The van der Waals surface area contributed by atoms with E-state index in [1.54, 1.807) is 0 Å². The Hall–Kier alpha value is -3.25. The van der Waals surface area contributed by atoms with Crippen LogP contribution in [0.1, 0.15) is 5.56 Å². The van der Waals surface area contributed by atoms with Gasteiger partial charge in [0.2, 0.25) is 10.0 Å². The molecule has 0 saturated heterocycles. The molecule has 0 aliphatic rings. The monoisotopic (exact) mass is 423 g/mol. The third kappa shape index (κ3) is 3.06. The molecule has 4 rings (SSSR count). The Morgan fingerprint density at radius 2 is 1.69 bits per heavy atom. The Bertz CT molecular complexity index is 1410. The number of pyridine rings is 1. The van der Waals surface area contributed by atoms with Gasteiger partial charge in [-0.2, -0.15) is 28.6 Å². The molecular weight excluding hydrogens is 411 g/mol. The molecule has 0 aliphatic heterocycles. The Labute approximate surface area is 161 Å². The zero-order valence-electron chi connectivity index (χ0n) is 14.6. The minimum absolute atomic E-state index is 0.0607. The average molecular weight is 423 g/mol. The third-order valence-corrected chi connectivity index (χ3v) is 5.86. The molecule has 0 aliphatic carbocycles. The second kappa shape index (κ2) is 6.39. The molecule has 0 amide bonds. The topological polar surface area (TPSA) is 110 Å². The fourth-order valence-corrected chi connectivity index (χ4v) is 3.78. The predicted octanol–water partition coefficient (Wildman–Crippen LogP) is 2.19. The van der Waals surface area contributed by atoms with Gasteiger partial charge in [0.25, 0.3) is 5.56 Å². The lowest BCUT2D eigenvalue weighted by Crippen LogP contribution is -2.21. The zero-order valence-corrected chi connectivity index (χ0v) is 15.5. The van der Waals surface area contributed by atoms with Gasteiger partial charge < -0.3 is 0 Å². The van der Waals surface area contributed by atoms with Crippen LogP contribution < -0.4 is 10.3 Å². The van der Waals surface area contributed by atoms with Gasteiger partial charge in [0.1, 0.15) is 5.52 Å². The van der Waals surface area contributed by atoms with Crippen LogP contribution >= 0.6 is 0 Å². The van der Waals surface area contributed by atoms with Crippen LogP contribution in [0.15, 0.2) is 52.2 Å². The molecule has 2 N–H and O–H groups in total. The number of H-pyrrole nitrogens is 1. The average Bonchev–Trinajstić information content (AvgIpc) is 3.18. The van der Waals surface area contributed by atoms with E-state index in [2.05, 4.69) is 20.1 Å². The van der Waals surface area contributed by atoms with Gasteiger partial charge in [0.05, 0.1) is 16.0 Å². The van der Waals surface area contributed by atoms with Crippen molar-refractivity contribution in [1.29, 1.82) is 0 Å². The molecule has 29 heavy (non-hydrogen) atoms. The van der Waals surface area contributed by atoms with Gasteiger partial charge in [-0.15, -0.1) is 0 Å². The molecule has 2 aromatic carbocycles. The van der Waals surface area contributed by atoms with Crippen LogP contribution in [0.3, 0.4) is 0 Å². The van der Waals surface area contributed by atoms with E-state index >= 15 is 0 Å². The minimum Gasteiger partial charge on any atom is -0.275 e. The molecule has 0 fully saturated rings. The highest BCUT2D eigenvalue weighted by molar-refractivity contribution is 7.89. The van der Waals surface area contributed by atoms with E-state index in [9.17, 15) is 26.4 Å². The van der Waals surface area contributed by atoms with Crippen LogP contribution in [0, 0.1) is 0 Å². The number of benzene rings is 2. The quantitative estimate of drug-likeness (QED) is 0.525. The van der Waals surface area contributed by atoms with Gasteiger partial charge >= 0.3 is 6.18 Å². The van der Waals surface area contributed by atoms with Crippen molar-refractivity contribution in [3.63, 3.8) is 0 Å². The van der Waals surface area contributed by atoms with E-state index in [0.29, 0.717) is 5.39 Å². The number of fused-ring (bicyclic) bond motifs is 3. The Balaban J connectivity index is 2.06. The molecule has 0 saturated carbocycles. The van der Waals surface area contributed by atoms with Crippen molar-refractivity contribution in [3.8, 4) is 5.69 Å². The minimum atomic E-state index is -4.52. The summed E-state index contributed by atoms with van der Waals surface area (Å²) in [6.45, 7) is 0. The summed E-state index contributed by atoms with van der Waals surface area (Å²) in [5.74, 6) is 0. The molecule has 0 spiro atoms. The van der Waals surface area contributed by atoms with E-state index in [-0.39, 0.29) is 27.1 Å². The highest BCUT2D eigenvalue weighted by Crippen LogP contribution is 2.30. The number of hydrogen-bond donors (Lipinski definition) is 2. The van der Waals surface area contributed by atoms with E-state index in [4.69, 9.17) is 0 Å². The van der Waals surface area contributed by atoms with Crippen molar-refractivity contribution in [1.82, 2.24) is 24.7 Å². The van der Waals surface area contributed by atoms with Gasteiger partial charge in [-0.3, -0.25) is 9.36 Å². The van der Waals surface area contributed by atoms with E-state index in [0.717, 1.165) is 28.8 Å². The summed E-state index contributed by atoms with van der Waals surface area (Å²) in [4.78, 5) is 12.9. The van der Waals surface area contributed by atoms with Crippen LogP contribution in [-0.2, 0) is 16.2 Å². The number of nitrogens with zero attached hydrogens (tertiary/aromatic N) is 3. The number of rotatable bonds is 3. The maximum atomic E-state index is 12.9. The molecule has 4 aromatic rings. The Morgan fingerprint density at radius 3 is 2.31 bits per heavy atom. The molecule has 2 aromatic heterocycles. The highest BCUT2D eigenvalue weighted by Gasteiger charge is 2.30. The van der Waals surface area contributed by atoms with E-state index in [1.807, 2.05) is 0 Å². The summed E-state index contributed by atoms with van der Waals surface area (Å²) in [6.07, 6.45) is -4.52. The standard InChI is InChI=1S/C17H12F3N5O3S/c1-21-29(27,28)11-6-7-13-12(8-11)14-15(23-24-22-14)16(26)25(13)10-4-2-9(3-5-10)17(18,19)20/h2-8,21H,1H3,(H,22,23,24). The smallest absolute Gasteiger partial charge is 0.275 e. The number of nitrogens with one attached hydrogen (secondary N) is 2. The molecule has 8 nitrogen and oxygen atoms in total. The third-order valence-electron chi connectivity index (χ3n) is 4.45. The molecule has 0 atom stereocenters. The highest BCUT2D eigenvalue weighted by atomic mass is 32.2. The van der Waals surface area contributed by atoms with Crippen LogP contribution in [-0.4, -0.2) is 35.4 Å². The van der Waals surface area contributed by atoms with Gasteiger partial charge in [-0.1, -0.05) is 0 Å². The second-order valence-corrected chi connectivity index (χ2v) is 7.98. The van der Waals surface area contributed by atoms with E-state index < -0.39 is 27.3 Å². The van der Waals surface area contributed by atoms with Crippen molar-refractivity contribution >= 4 is 32.0 Å². The molecule has 12 heteroatoms. The van der Waals surface area contributed by atoms with Crippen molar-refractivity contribution < 1.29 is 21.6 Å². The van der Waals surface area contributed by atoms with Crippen molar-refractivity contribution in [3.05, 3.63) is 58.4 Å². The number of halogens is 3. The molecular formula is C17H12F3N5O3S. The molecule has 150 valence electrons. The predicted molar refractivity (Wildman–Crippen MR) is 98.2 cm³/mol. The maximum Gasteiger partial charge on any atom is 0.416 e. The fraction of sp³-hybridized carbons (Fsp3) is 0.118. The first kappa shape index (κ1) is 19.1. The lowest BCUT2D eigenvalue weighted by molar-refractivity contribution is -0.137. The lowest BCUT2D eigenvalue weighted by atomic mass is 10.1. The molecule has 0 bridgehead atoms. The van der Waals surface area contributed by atoms with Crippen molar-refractivity contribution in [2.75, 3.05) is 7.05 Å². The summed E-state index contributed by atoms with van der Waals surface area (Å²) in [5.41, 5.74) is -0.945. The number of aromatic amines is 1. The van der Waals surface area contributed by atoms with Crippen LogP contribution in [0.25, 0.3) is 27.6 Å².